The number of hydrogen-bond acceptors (Lipinski definition) is 3. The van der Waals surface area contributed by atoms with Crippen molar-refractivity contribution in [2.45, 2.75) is 12.2 Å². The Labute approximate surface area is 139 Å². The van der Waals surface area contributed by atoms with Crippen molar-refractivity contribution in [2.75, 3.05) is 11.1 Å². The first-order valence-electron chi connectivity index (χ1n) is 6.09. The number of fused-ring (bicyclic) bond motifs is 1. The molecule has 2 heterocycles. The summed E-state index contributed by atoms with van der Waals surface area (Å²) in [5, 5.41) is 3.48. The van der Waals surface area contributed by atoms with E-state index in [2.05, 4.69) is 21.2 Å². The van der Waals surface area contributed by atoms with Crippen LogP contribution in [0.2, 0.25) is 5.02 Å². The fourth-order valence-electron chi connectivity index (χ4n) is 2.03. The highest BCUT2D eigenvalue weighted by Gasteiger charge is 2.17. The zero-order chi connectivity index (χ0) is 14.1. The Balaban J connectivity index is 1.78. The summed E-state index contributed by atoms with van der Waals surface area (Å²) in [5.41, 5.74) is 2.02. The van der Waals surface area contributed by atoms with Gasteiger partial charge in [0.05, 0.1) is 9.90 Å². The molecule has 20 heavy (non-hydrogen) atoms. The van der Waals surface area contributed by atoms with E-state index in [1.807, 2.05) is 30.0 Å². The summed E-state index contributed by atoms with van der Waals surface area (Å²) < 4.78 is 0.820. The van der Waals surface area contributed by atoms with E-state index >= 15 is 0 Å². The average molecular weight is 389 g/mol. The van der Waals surface area contributed by atoms with Crippen molar-refractivity contribution in [3.05, 3.63) is 49.1 Å². The quantitative estimate of drug-likeness (QED) is 0.765. The number of thioether (sulfide) groups is 1. The van der Waals surface area contributed by atoms with Gasteiger partial charge in [0.25, 0.3) is 5.91 Å². The number of amides is 1. The van der Waals surface area contributed by atoms with Crippen molar-refractivity contribution in [3.8, 4) is 0 Å². The summed E-state index contributed by atoms with van der Waals surface area (Å²) in [6.45, 7) is 0. The lowest BCUT2D eigenvalue weighted by atomic mass is 10.2. The highest BCUT2D eigenvalue weighted by Crippen LogP contribution is 2.32. The summed E-state index contributed by atoms with van der Waals surface area (Å²) in [6.07, 6.45) is 1.07. The van der Waals surface area contributed by atoms with Crippen LogP contribution in [0.15, 0.2) is 28.7 Å². The van der Waals surface area contributed by atoms with E-state index in [-0.39, 0.29) is 5.91 Å². The fraction of sp³-hybridized carbons (Fsp3) is 0.214. The van der Waals surface area contributed by atoms with Crippen LogP contribution >= 0.6 is 50.6 Å². The first kappa shape index (κ1) is 14.4. The third kappa shape index (κ3) is 3.06. The van der Waals surface area contributed by atoms with Crippen LogP contribution in [0.3, 0.4) is 0 Å². The van der Waals surface area contributed by atoms with E-state index in [0.29, 0.717) is 10.7 Å². The van der Waals surface area contributed by atoms with Crippen molar-refractivity contribution >= 4 is 62.2 Å². The molecule has 1 N–H and O–H groups in total. The number of hydrogen-bond donors (Lipinski definition) is 1. The molecular weight excluding hydrogens is 378 g/mol. The standard InChI is InChI=1S/C14H11BrClNOS2/c15-10-2-1-9(6-11(10)16)17-14(18)13-5-8-7-19-4-3-12(8)20-13/h1-2,5-6H,3-4,7H2,(H,17,18). The number of thiophene rings is 1. The van der Waals surface area contributed by atoms with Gasteiger partial charge in [-0.2, -0.15) is 11.8 Å². The van der Waals surface area contributed by atoms with Crippen LogP contribution in [0.5, 0.6) is 0 Å². The van der Waals surface area contributed by atoms with Crippen LogP contribution in [-0.4, -0.2) is 11.7 Å². The Morgan fingerprint density at radius 3 is 2.95 bits per heavy atom. The third-order valence-corrected chi connectivity index (χ3v) is 6.51. The Bertz CT molecular complexity index is 648. The minimum atomic E-state index is -0.0622. The lowest BCUT2D eigenvalue weighted by Crippen LogP contribution is -2.10. The molecule has 0 saturated carbocycles. The van der Waals surface area contributed by atoms with Crippen LogP contribution in [0.25, 0.3) is 0 Å². The molecule has 6 heteroatoms. The second kappa shape index (κ2) is 6.10. The molecule has 1 aromatic carbocycles. The first-order valence-corrected chi connectivity index (χ1v) is 9.23. The normalized spacial score (nSPS) is 13.9. The number of anilines is 1. The second-order valence-electron chi connectivity index (χ2n) is 4.44. The number of benzene rings is 1. The van der Waals surface area contributed by atoms with Gasteiger partial charge in [-0.15, -0.1) is 11.3 Å². The van der Waals surface area contributed by atoms with Gasteiger partial charge in [0.1, 0.15) is 0 Å². The monoisotopic (exact) mass is 387 g/mol. The minimum Gasteiger partial charge on any atom is -0.321 e. The molecule has 0 bridgehead atoms. The summed E-state index contributed by atoms with van der Waals surface area (Å²) in [4.78, 5) is 14.4. The second-order valence-corrected chi connectivity index (χ2v) is 7.95. The Kier molecular flexibility index (Phi) is 4.40. The molecule has 0 unspecified atom stereocenters. The van der Waals surface area contributed by atoms with Crippen molar-refractivity contribution in [1.82, 2.24) is 0 Å². The molecule has 104 valence electrons. The van der Waals surface area contributed by atoms with Gasteiger partial charge in [-0.3, -0.25) is 4.79 Å². The molecule has 0 spiro atoms. The summed E-state index contributed by atoms with van der Waals surface area (Å²) in [5.74, 6) is 2.10. The van der Waals surface area contributed by atoms with Gasteiger partial charge >= 0.3 is 0 Å². The number of halogens is 2. The van der Waals surface area contributed by atoms with E-state index in [1.54, 1.807) is 17.4 Å². The zero-order valence-electron chi connectivity index (χ0n) is 10.4. The molecule has 1 aromatic heterocycles. The predicted molar refractivity (Wildman–Crippen MR) is 91.3 cm³/mol. The smallest absolute Gasteiger partial charge is 0.265 e. The zero-order valence-corrected chi connectivity index (χ0v) is 14.4. The van der Waals surface area contributed by atoms with Gasteiger partial charge < -0.3 is 5.32 Å². The number of carbonyl (C=O) groups is 1. The number of aryl methyl sites for hydroxylation is 1. The summed E-state index contributed by atoms with van der Waals surface area (Å²) in [6, 6.07) is 7.42. The van der Waals surface area contributed by atoms with Crippen molar-refractivity contribution in [1.29, 1.82) is 0 Å². The van der Waals surface area contributed by atoms with Gasteiger partial charge in [0.2, 0.25) is 0 Å². The lowest BCUT2D eigenvalue weighted by molar-refractivity contribution is 0.103. The summed E-state index contributed by atoms with van der Waals surface area (Å²) in [7, 11) is 0. The minimum absolute atomic E-state index is 0.0622. The van der Waals surface area contributed by atoms with E-state index in [0.717, 1.165) is 27.3 Å². The van der Waals surface area contributed by atoms with Crippen molar-refractivity contribution in [3.63, 3.8) is 0 Å². The Morgan fingerprint density at radius 2 is 2.20 bits per heavy atom. The molecule has 1 aliphatic rings. The molecule has 0 fully saturated rings. The van der Waals surface area contributed by atoms with Crippen LogP contribution in [-0.2, 0) is 12.2 Å². The number of rotatable bonds is 2. The van der Waals surface area contributed by atoms with Gasteiger partial charge in [0, 0.05) is 20.8 Å². The van der Waals surface area contributed by atoms with E-state index < -0.39 is 0 Å². The maximum atomic E-state index is 12.3. The molecule has 1 amide bonds. The largest absolute Gasteiger partial charge is 0.321 e. The molecule has 0 aliphatic carbocycles. The topological polar surface area (TPSA) is 29.1 Å². The van der Waals surface area contributed by atoms with Gasteiger partial charge in [-0.1, -0.05) is 11.6 Å². The third-order valence-electron chi connectivity index (χ3n) is 3.03. The first-order chi connectivity index (χ1) is 9.63. The molecule has 2 aromatic rings. The van der Waals surface area contributed by atoms with Gasteiger partial charge in [-0.25, -0.2) is 0 Å². The van der Waals surface area contributed by atoms with E-state index in [1.165, 1.54) is 10.4 Å². The number of nitrogens with one attached hydrogen (secondary N) is 1. The highest BCUT2D eigenvalue weighted by molar-refractivity contribution is 9.10. The fourth-order valence-corrected chi connectivity index (χ4v) is 4.72. The number of carbonyl (C=O) groups excluding carboxylic acids is 1. The molecule has 3 rings (SSSR count). The molecule has 0 saturated heterocycles. The van der Waals surface area contributed by atoms with Crippen LogP contribution in [0.4, 0.5) is 5.69 Å². The molecular formula is C14H11BrClNOS2. The summed E-state index contributed by atoms with van der Waals surface area (Å²) >= 11 is 12.9. The van der Waals surface area contributed by atoms with Crippen LogP contribution in [0, 0.1) is 0 Å². The highest BCUT2D eigenvalue weighted by atomic mass is 79.9. The maximum Gasteiger partial charge on any atom is 0.265 e. The Morgan fingerprint density at radius 1 is 1.35 bits per heavy atom. The predicted octanol–water partition coefficient (Wildman–Crippen LogP) is 5.21. The van der Waals surface area contributed by atoms with Crippen molar-refractivity contribution < 1.29 is 4.79 Å². The van der Waals surface area contributed by atoms with Crippen LogP contribution < -0.4 is 5.32 Å². The van der Waals surface area contributed by atoms with Gasteiger partial charge in [-0.05, 0) is 57.9 Å². The lowest BCUT2D eigenvalue weighted by Gasteiger charge is -2.08. The van der Waals surface area contributed by atoms with Gasteiger partial charge in [0.15, 0.2) is 0 Å². The average Bonchev–Trinajstić information content (AvgIpc) is 2.87. The van der Waals surface area contributed by atoms with E-state index in [9.17, 15) is 4.79 Å². The molecule has 0 atom stereocenters. The SMILES string of the molecule is O=C(Nc1ccc(Br)c(Cl)c1)c1cc2c(s1)CCSC2. The van der Waals surface area contributed by atoms with E-state index in [4.69, 9.17) is 11.6 Å². The molecule has 2 nitrogen and oxygen atoms in total. The van der Waals surface area contributed by atoms with Crippen LogP contribution in [0.1, 0.15) is 20.1 Å². The van der Waals surface area contributed by atoms with Crippen molar-refractivity contribution in [2.24, 2.45) is 0 Å². The maximum absolute atomic E-state index is 12.3. The Hall–Kier alpha value is -0.490. The molecule has 1 aliphatic heterocycles. The molecule has 0 radical (unpaired) electrons.